The molecule has 0 spiro atoms. The van der Waals surface area contributed by atoms with Crippen LogP contribution in [0.4, 0.5) is 18.9 Å². The van der Waals surface area contributed by atoms with Crippen molar-refractivity contribution in [3.05, 3.63) is 83.5 Å². The number of amides is 1. The Bertz CT molecular complexity index is 1340. The minimum atomic E-state index is -4.67. The van der Waals surface area contributed by atoms with Gasteiger partial charge in [0.1, 0.15) is 12.1 Å². The van der Waals surface area contributed by atoms with Gasteiger partial charge in [0.2, 0.25) is 0 Å². The summed E-state index contributed by atoms with van der Waals surface area (Å²) in [5.74, 6) is -0.0327. The number of nitrogens with zero attached hydrogens (tertiary/aromatic N) is 2. The molecule has 194 valence electrons. The second-order valence-electron chi connectivity index (χ2n) is 10.1. The van der Waals surface area contributed by atoms with Gasteiger partial charge in [-0.15, -0.1) is 6.58 Å². The number of carbonyl (C=O) groups is 1. The third-order valence-corrected chi connectivity index (χ3v) is 8.30. The molecule has 2 aromatic carbocycles. The first-order chi connectivity index (χ1) is 17.6. The number of aliphatic hydroxyl groups is 1. The van der Waals surface area contributed by atoms with E-state index in [1.165, 1.54) is 12.1 Å². The lowest BCUT2D eigenvalue weighted by atomic mass is 9.71. The highest BCUT2D eigenvalue weighted by Crippen LogP contribution is 2.47. The number of aliphatic hydroxyl groups excluding tert-OH is 1. The number of benzene rings is 2. The van der Waals surface area contributed by atoms with Gasteiger partial charge in [-0.05, 0) is 41.8 Å². The average molecular weight is 531 g/mol. The Morgan fingerprint density at radius 2 is 2.05 bits per heavy atom. The summed E-state index contributed by atoms with van der Waals surface area (Å²) in [4.78, 5) is 17.7. The normalized spacial score (nSPS) is 26.1. The number of carbonyl (C=O) groups excluding carboxylic acids is 1. The Hall–Kier alpha value is -2.94. The minimum absolute atomic E-state index is 0.0538. The van der Waals surface area contributed by atoms with Crippen LogP contribution in [0.2, 0.25) is 5.02 Å². The molecule has 5 atom stereocenters. The van der Waals surface area contributed by atoms with Crippen molar-refractivity contribution in [1.29, 1.82) is 0 Å². The van der Waals surface area contributed by atoms with Gasteiger partial charge in [-0.3, -0.25) is 9.78 Å². The molecule has 2 N–H and O–H groups in total. The second kappa shape index (κ2) is 9.74. The van der Waals surface area contributed by atoms with Gasteiger partial charge in [0.05, 0.1) is 29.9 Å². The summed E-state index contributed by atoms with van der Waals surface area (Å²) in [7, 11) is 0. The van der Waals surface area contributed by atoms with Crippen molar-refractivity contribution in [2.24, 2.45) is 11.8 Å². The molecule has 3 saturated heterocycles. The van der Waals surface area contributed by atoms with Gasteiger partial charge in [0, 0.05) is 35.4 Å². The van der Waals surface area contributed by atoms with E-state index in [4.69, 9.17) is 11.6 Å². The number of halogens is 4. The highest BCUT2D eigenvalue weighted by molar-refractivity contribution is 6.30. The molecule has 1 aromatic heterocycles. The molecule has 0 unspecified atom stereocenters. The predicted molar refractivity (Wildman–Crippen MR) is 137 cm³/mol. The van der Waals surface area contributed by atoms with Crippen molar-refractivity contribution in [3.63, 3.8) is 0 Å². The largest absolute Gasteiger partial charge is 0.418 e. The molecule has 3 fully saturated rings. The van der Waals surface area contributed by atoms with Gasteiger partial charge in [-0.1, -0.05) is 35.9 Å². The van der Waals surface area contributed by atoms with Crippen LogP contribution < -0.4 is 5.32 Å². The smallest absolute Gasteiger partial charge is 0.382 e. The Morgan fingerprint density at radius 3 is 2.81 bits per heavy atom. The fourth-order valence-electron chi connectivity index (χ4n) is 6.30. The second-order valence-corrected chi connectivity index (χ2v) is 10.6. The molecule has 0 aliphatic carbocycles. The molecule has 6 rings (SSSR count). The van der Waals surface area contributed by atoms with Crippen LogP contribution in [0, 0.1) is 11.8 Å². The number of para-hydroxylation sites is 1. The quantitative estimate of drug-likeness (QED) is 0.304. The minimum Gasteiger partial charge on any atom is -0.382 e. The van der Waals surface area contributed by atoms with Gasteiger partial charge in [0.15, 0.2) is 6.54 Å². The maximum absolute atomic E-state index is 13.6. The summed E-state index contributed by atoms with van der Waals surface area (Å²) in [6.45, 7) is 5.17. The van der Waals surface area contributed by atoms with E-state index in [2.05, 4.69) is 16.9 Å². The first-order valence-corrected chi connectivity index (χ1v) is 12.7. The van der Waals surface area contributed by atoms with Crippen LogP contribution in [-0.2, 0) is 11.0 Å². The molecule has 0 radical (unpaired) electrons. The number of hydrogen-bond donors (Lipinski definition) is 2. The number of fused-ring (bicyclic) bond motifs is 4. The molecule has 9 heteroatoms. The number of piperidine rings is 3. The molecule has 2 bridgehead atoms. The van der Waals surface area contributed by atoms with Crippen LogP contribution in [0.15, 0.2) is 67.4 Å². The summed E-state index contributed by atoms with van der Waals surface area (Å²) < 4.78 is 41.1. The van der Waals surface area contributed by atoms with Crippen LogP contribution in [0.3, 0.4) is 0 Å². The number of nitrogens with one attached hydrogen (secondary N) is 1. The summed E-state index contributed by atoms with van der Waals surface area (Å²) >= 11 is 5.79. The Kier molecular flexibility index (Phi) is 6.77. The highest BCUT2D eigenvalue weighted by atomic mass is 35.5. The SMILES string of the molecule is C=C[C@H]1C[N@+]2(CC(=O)Nc3ccc(Cl)cc3C(F)(F)F)CC[C@H]1C[C@@H]2[C@@H](O)c1ccnc2ccccc12. The van der Waals surface area contributed by atoms with Crippen LogP contribution in [0.25, 0.3) is 10.9 Å². The number of alkyl halides is 3. The summed E-state index contributed by atoms with van der Waals surface area (Å²) in [5.41, 5.74) is 0.193. The average Bonchev–Trinajstić information content (AvgIpc) is 2.88. The number of quaternary nitrogens is 1. The zero-order chi connectivity index (χ0) is 26.4. The zero-order valence-corrected chi connectivity index (χ0v) is 20.8. The lowest BCUT2D eigenvalue weighted by Gasteiger charge is -2.57. The zero-order valence-electron chi connectivity index (χ0n) is 20.1. The van der Waals surface area contributed by atoms with E-state index in [0.717, 1.165) is 29.0 Å². The van der Waals surface area contributed by atoms with E-state index in [1.54, 1.807) is 12.3 Å². The van der Waals surface area contributed by atoms with Crippen molar-refractivity contribution >= 4 is 34.1 Å². The molecular weight excluding hydrogens is 503 g/mol. The fraction of sp³-hybridized carbons (Fsp3) is 0.357. The molecular formula is C28H28ClF3N3O2+. The van der Waals surface area contributed by atoms with Crippen molar-refractivity contribution < 1.29 is 27.6 Å². The highest BCUT2D eigenvalue weighted by Gasteiger charge is 2.54. The third-order valence-electron chi connectivity index (χ3n) is 8.06. The molecule has 3 aliphatic heterocycles. The van der Waals surface area contributed by atoms with E-state index in [9.17, 15) is 23.1 Å². The van der Waals surface area contributed by atoms with E-state index < -0.39 is 23.8 Å². The molecule has 3 aromatic rings. The maximum atomic E-state index is 13.6. The third kappa shape index (κ3) is 4.85. The van der Waals surface area contributed by atoms with Gasteiger partial charge in [-0.2, -0.15) is 13.2 Å². The van der Waals surface area contributed by atoms with Gasteiger partial charge < -0.3 is 14.9 Å². The number of pyridine rings is 1. The number of hydrogen-bond acceptors (Lipinski definition) is 3. The Balaban J connectivity index is 1.47. The predicted octanol–water partition coefficient (Wildman–Crippen LogP) is 5.99. The van der Waals surface area contributed by atoms with E-state index in [1.807, 2.05) is 30.3 Å². The molecule has 4 heterocycles. The standard InChI is InChI=1S/C28H27ClF3N3O2/c1-2-17-15-35(16-26(36)34-24-8-7-19(29)14-22(24)28(30,31)32)12-10-18(17)13-25(35)27(37)21-9-11-33-23-6-4-3-5-20(21)23/h2-9,11,14,17-18,25,27,37H,1,10,12-13,15-16H2/p+1/t17-,18-,25+,27-,35-/m0/s1. The molecule has 3 aliphatic rings. The summed E-state index contributed by atoms with van der Waals surface area (Å²) in [5, 5.41) is 15.0. The van der Waals surface area contributed by atoms with E-state index in [-0.39, 0.29) is 33.7 Å². The molecule has 37 heavy (non-hydrogen) atoms. The topological polar surface area (TPSA) is 62.2 Å². The van der Waals surface area contributed by atoms with Crippen molar-refractivity contribution in [3.8, 4) is 0 Å². The lowest BCUT2D eigenvalue weighted by molar-refractivity contribution is -0.966. The summed E-state index contributed by atoms with van der Waals surface area (Å²) in [6, 6.07) is 12.4. The van der Waals surface area contributed by atoms with Crippen LogP contribution in [0.5, 0.6) is 0 Å². The van der Waals surface area contributed by atoms with Crippen LogP contribution in [-0.4, -0.2) is 46.2 Å². The summed E-state index contributed by atoms with van der Waals surface area (Å²) in [6.07, 6.45) is -0.412. The maximum Gasteiger partial charge on any atom is 0.418 e. The van der Waals surface area contributed by atoms with E-state index >= 15 is 0 Å². The molecule has 0 saturated carbocycles. The first-order valence-electron chi connectivity index (χ1n) is 12.3. The fourth-order valence-corrected chi connectivity index (χ4v) is 6.47. The molecule has 1 amide bonds. The Labute approximate surface area is 218 Å². The van der Waals surface area contributed by atoms with Gasteiger partial charge >= 0.3 is 6.18 Å². The molecule has 5 nitrogen and oxygen atoms in total. The number of anilines is 1. The van der Waals surface area contributed by atoms with E-state index in [0.29, 0.717) is 25.4 Å². The van der Waals surface area contributed by atoms with Crippen molar-refractivity contribution in [2.45, 2.75) is 31.2 Å². The Morgan fingerprint density at radius 1 is 1.27 bits per heavy atom. The van der Waals surface area contributed by atoms with Crippen molar-refractivity contribution in [1.82, 2.24) is 4.98 Å². The van der Waals surface area contributed by atoms with Crippen LogP contribution >= 0.6 is 11.6 Å². The monoisotopic (exact) mass is 530 g/mol. The number of rotatable bonds is 6. The van der Waals surface area contributed by atoms with Crippen LogP contribution in [0.1, 0.15) is 30.1 Å². The van der Waals surface area contributed by atoms with Crippen molar-refractivity contribution in [2.75, 3.05) is 25.0 Å². The first kappa shape index (κ1) is 25.7. The van der Waals surface area contributed by atoms with Gasteiger partial charge in [0.25, 0.3) is 5.91 Å². The van der Waals surface area contributed by atoms with Gasteiger partial charge in [-0.25, -0.2) is 0 Å². The lowest BCUT2D eigenvalue weighted by Crippen LogP contribution is -2.69. The number of aromatic nitrogens is 1.